The van der Waals surface area contributed by atoms with Crippen molar-refractivity contribution in [3.05, 3.63) is 41.6 Å². The van der Waals surface area contributed by atoms with Crippen molar-refractivity contribution in [1.82, 2.24) is 15.2 Å². The number of carbonyl (C=O) groups excluding carboxylic acids is 1. The summed E-state index contributed by atoms with van der Waals surface area (Å²) in [7, 11) is 2.15. The number of hydrogen-bond acceptors (Lipinski definition) is 2. The maximum Gasteiger partial charge on any atom is 0.228 e. The number of unbranched alkanes of at least 4 members (excludes halogenated alkanes) is 2. The van der Waals surface area contributed by atoms with Crippen molar-refractivity contribution in [3.63, 3.8) is 0 Å². The van der Waals surface area contributed by atoms with E-state index < -0.39 is 0 Å². The van der Waals surface area contributed by atoms with E-state index in [4.69, 9.17) is 0 Å². The van der Waals surface area contributed by atoms with Gasteiger partial charge in [0, 0.05) is 35.7 Å². The van der Waals surface area contributed by atoms with Gasteiger partial charge in [-0.3, -0.25) is 9.69 Å². The number of nitrogens with one attached hydrogen (secondary N) is 2. The Kier molecular flexibility index (Phi) is 5.09. The lowest BCUT2D eigenvalue weighted by Crippen LogP contribution is -2.47. The molecule has 4 nitrogen and oxygen atoms in total. The number of aromatic amines is 1. The van der Waals surface area contributed by atoms with Gasteiger partial charge in [-0.15, -0.1) is 0 Å². The summed E-state index contributed by atoms with van der Waals surface area (Å²) in [6.07, 6.45) is 10.1. The van der Waals surface area contributed by atoms with Crippen LogP contribution in [0.5, 0.6) is 0 Å². The summed E-state index contributed by atoms with van der Waals surface area (Å²) in [5.74, 6) is 0.0921. The molecule has 1 aliphatic heterocycles. The first-order valence-electron chi connectivity index (χ1n) is 10.4. The standard InChI is InChI=1S/C23H31N3O/c1-4-5-6-8-15(2)25-23(27)17-11-19-18-9-7-10-20-22(18)16(13-24-20)12-21(19)26(3)14-17/h7,9-11,13,15,17,21,24H,4-6,8,12,14H2,1-3H3,(H,25,27)/t15?,17-,21-/m1/s1. The first kappa shape index (κ1) is 18.3. The van der Waals surface area contributed by atoms with Gasteiger partial charge in [0.05, 0.1) is 5.92 Å². The number of carbonyl (C=O) groups is 1. The van der Waals surface area contributed by atoms with Crippen molar-refractivity contribution in [1.29, 1.82) is 0 Å². The third-order valence-corrected chi connectivity index (χ3v) is 6.23. The van der Waals surface area contributed by atoms with Gasteiger partial charge in [0.2, 0.25) is 5.91 Å². The molecular weight excluding hydrogens is 334 g/mol. The summed E-state index contributed by atoms with van der Waals surface area (Å²) in [6, 6.07) is 7.07. The van der Waals surface area contributed by atoms with Crippen LogP contribution >= 0.6 is 0 Å². The molecule has 2 heterocycles. The fourth-order valence-corrected chi connectivity index (χ4v) is 4.74. The summed E-state index contributed by atoms with van der Waals surface area (Å²) < 4.78 is 0. The molecule has 0 radical (unpaired) electrons. The van der Waals surface area contributed by atoms with Gasteiger partial charge in [-0.1, -0.05) is 44.4 Å². The highest BCUT2D eigenvalue weighted by atomic mass is 16.2. The van der Waals surface area contributed by atoms with E-state index in [-0.39, 0.29) is 17.9 Å². The third-order valence-electron chi connectivity index (χ3n) is 6.23. The first-order valence-corrected chi connectivity index (χ1v) is 10.4. The Morgan fingerprint density at radius 3 is 3.04 bits per heavy atom. The highest BCUT2D eigenvalue weighted by Crippen LogP contribution is 2.40. The number of hydrogen-bond donors (Lipinski definition) is 2. The zero-order valence-electron chi connectivity index (χ0n) is 16.7. The predicted octanol–water partition coefficient (Wildman–Crippen LogP) is 4.12. The van der Waals surface area contributed by atoms with Crippen LogP contribution in [0.15, 0.2) is 30.5 Å². The summed E-state index contributed by atoms with van der Waals surface area (Å²) >= 11 is 0. The van der Waals surface area contributed by atoms with E-state index in [0.29, 0.717) is 6.04 Å². The zero-order chi connectivity index (χ0) is 19.0. The van der Waals surface area contributed by atoms with Crippen molar-refractivity contribution in [2.24, 2.45) is 5.92 Å². The molecule has 1 aromatic carbocycles. The zero-order valence-corrected chi connectivity index (χ0v) is 16.7. The molecule has 144 valence electrons. The molecule has 2 N–H and O–H groups in total. The highest BCUT2D eigenvalue weighted by molar-refractivity contribution is 5.99. The van der Waals surface area contributed by atoms with Crippen LogP contribution in [0.4, 0.5) is 0 Å². The lowest BCUT2D eigenvalue weighted by atomic mass is 9.80. The molecule has 0 saturated carbocycles. The monoisotopic (exact) mass is 365 g/mol. The molecule has 27 heavy (non-hydrogen) atoms. The van der Waals surface area contributed by atoms with E-state index in [1.807, 2.05) is 0 Å². The van der Waals surface area contributed by atoms with E-state index in [0.717, 1.165) is 19.4 Å². The van der Waals surface area contributed by atoms with Crippen LogP contribution in [0.3, 0.4) is 0 Å². The number of nitrogens with zero attached hydrogens (tertiary/aromatic N) is 1. The summed E-state index contributed by atoms with van der Waals surface area (Å²) in [5.41, 5.74) is 5.20. The maximum absolute atomic E-state index is 12.9. The molecule has 0 spiro atoms. The van der Waals surface area contributed by atoms with E-state index in [1.54, 1.807) is 0 Å². The Labute approximate surface area is 162 Å². The predicted molar refractivity (Wildman–Crippen MR) is 112 cm³/mol. The smallest absolute Gasteiger partial charge is 0.228 e. The number of benzene rings is 1. The average molecular weight is 366 g/mol. The van der Waals surface area contributed by atoms with Crippen LogP contribution < -0.4 is 5.32 Å². The van der Waals surface area contributed by atoms with Crippen LogP contribution in [0.2, 0.25) is 0 Å². The van der Waals surface area contributed by atoms with Crippen molar-refractivity contribution < 1.29 is 4.79 Å². The minimum atomic E-state index is -0.0781. The van der Waals surface area contributed by atoms with Gasteiger partial charge < -0.3 is 10.3 Å². The fourth-order valence-electron chi connectivity index (χ4n) is 4.74. The van der Waals surface area contributed by atoms with Gasteiger partial charge in [0.25, 0.3) is 0 Å². The SMILES string of the molecule is CCCCCC(C)NC(=O)[C@@H]1C=C2c3cccc4[nH]cc(c34)C[C@H]2N(C)C1. The van der Waals surface area contributed by atoms with Crippen LogP contribution in [0.1, 0.15) is 50.7 Å². The molecule has 1 aromatic heterocycles. The number of amides is 1. The van der Waals surface area contributed by atoms with Crippen LogP contribution in [-0.2, 0) is 11.2 Å². The Hall–Kier alpha value is -2.07. The van der Waals surface area contributed by atoms with Crippen molar-refractivity contribution in [2.45, 2.75) is 58.0 Å². The summed E-state index contributed by atoms with van der Waals surface area (Å²) in [4.78, 5) is 18.7. The third kappa shape index (κ3) is 3.43. The Balaban J connectivity index is 1.57. The van der Waals surface area contributed by atoms with Gasteiger partial charge in [-0.25, -0.2) is 0 Å². The number of aromatic nitrogens is 1. The summed E-state index contributed by atoms with van der Waals surface area (Å²) in [6.45, 7) is 5.13. The second kappa shape index (κ2) is 7.51. The van der Waals surface area contributed by atoms with E-state index in [1.165, 1.54) is 46.9 Å². The molecule has 4 heteroatoms. The highest BCUT2D eigenvalue weighted by Gasteiger charge is 2.35. The van der Waals surface area contributed by atoms with Crippen LogP contribution in [0.25, 0.3) is 16.5 Å². The van der Waals surface area contributed by atoms with E-state index >= 15 is 0 Å². The van der Waals surface area contributed by atoms with Gasteiger partial charge in [0.15, 0.2) is 0 Å². The number of likely N-dealkylation sites (N-methyl/N-ethyl adjacent to an activating group) is 1. The first-order chi connectivity index (χ1) is 13.1. The largest absolute Gasteiger partial charge is 0.361 e. The normalized spacial score (nSPS) is 23.0. The molecule has 2 aromatic rings. The lowest BCUT2D eigenvalue weighted by Gasteiger charge is -2.39. The fraction of sp³-hybridized carbons (Fsp3) is 0.522. The van der Waals surface area contributed by atoms with Crippen molar-refractivity contribution in [2.75, 3.05) is 13.6 Å². The van der Waals surface area contributed by atoms with Gasteiger partial charge in [0.1, 0.15) is 0 Å². The Morgan fingerprint density at radius 2 is 2.22 bits per heavy atom. The Bertz CT molecular complexity index is 866. The molecule has 2 aliphatic rings. The molecule has 0 bridgehead atoms. The Morgan fingerprint density at radius 1 is 1.37 bits per heavy atom. The second-order valence-corrected chi connectivity index (χ2v) is 8.34. The van der Waals surface area contributed by atoms with Gasteiger partial charge in [-0.2, -0.15) is 0 Å². The second-order valence-electron chi connectivity index (χ2n) is 8.34. The van der Waals surface area contributed by atoms with Gasteiger partial charge in [-0.05, 0) is 49.6 Å². The van der Waals surface area contributed by atoms with Crippen LogP contribution in [0, 0.1) is 5.92 Å². The van der Waals surface area contributed by atoms with Crippen LogP contribution in [-0.4, -0.2) is 41.5 Å². The lowest BCUT2D eigenvalue weighted by molar-refractivity contribution is -0.125. The average Bonchev–Trinajstić information content (AvgIpc) is 3.07. The molecular formula is C23H31N3O. The molecule has 1 amide bonds. The number of rotatable bonds is 6. The molecule has 1 aliphatic carbocycles. The molecule has 4 rings (SSSR count). The minimum absolute atomic E-state index is 0.0781. The maximum atomic E-state index is 12.9. The topological polar surface area (TPSA) is 48.1 Å². The molecule has 1 unspecified atom stereocenters. The van der Waals surface area contributed by atoms with E-state index in [9.17, 15) is 4.79 Å². The molecule has 0 saturated heterocycles. The van der Waals surface area contributed by atoms with Gasteiger partial charge >= 0.3 is 0 Å². The number of H-pyrrole nitrogens is 1. The number of fused-ring (bicyclic) bond motifs is 2. The van der Waals surface area contributed by atoms with Crippen molar-refractivity contribution >= 4 is 22.4 Å². The molecule has 3 atom stereocenters. The minimum Gasteiger partial charge on any atom is -0.361 e. The quantitative estimate of drug-likeness (QED) is 0.757. The summed E-state index contributed by atoms with van der Waals surface area (Å²) in [5, 5.41) is 4.58. The van der Waals surface area contributed by atoms with Crippen molar-refractivity contribution in [3.8, 4) is 0 Å². The van der Waals surface area contributed by atoms with E-state index in [2.05, 4.69) is 66.6 Å². The molecule has 0 fully saturated rings.